The maximum atomic E-state index is 13.7. The van der Waals surface area contributed by atoms with Gasteiger partial charge in [-0.15, -0.1) is 0 Å². The molecule has 0 saturated heterocycles. The summed E-state index contributed by atoms with van der Waals surface area (Å²) in [6.45, 7) is 0.796. The van der Waals surface area contributed by atoms with Gasteiger partial charge in [-0.1, -0.05) is 0 Å². The first-order valence-corrected chi connectivity index (χ1v) is 7.39. The lowest BCUT2D eigenvalue weighted by Gasteiger charge is -2.29. The van der Waals surface area contributed by atoms with Crippen LogP contribution in [0.2, 0.25) is 0 Å². The van der Waals surface area contributed by atoms with Gasteiger partial charge < -0.3 is 9.64 Å². The monoisotopic (exact) mass is 334 g/mol. The maximum absolute atomic E-state index is 13.7. The third-order valence-electron chi connectivity index (χ3n) is 3.78. The van der Waals surface area contributed by atoms with Crippen molar-refractivity contribution in [3.05, 3.63) is 53.0 Å². The number of nitrogens with one attached hydrogen (secondary N) is 1. The molecule has 24 heavy (non-hydrogen) atoms. The highest BCUT2D eigenvalue weighted by molar-refractivity contribution is 5.88. The molecule has 1 N–H and O–H groups in total. The van der Waals surface area contributed by atoms with E-state index < -0.39 is 11.6 Å². The first-order valence-electron chi connectivity index (χ1n) is 7.39. The Labute approximate surface area is 137 Å². The van der Waals surface area contributed by atoms with Crippen molar-refractivity contribution in [2.45, 2.75) is 19.6 Å². The van der Waals surface area contributed by atoms with Gasteiger partial charge in [0.25, 0.3) is 0 Å². The Hall–Kier alpha value is -2.61. The summed E-state index contributed by atoms with van der Waals surface area (Å²) in [4.78, 5) is 21.8. The van der Waals surface area contributed by atoms with Gasteiger partial charge in [-0.3, -0.25) is 5.32 Å². The Balaban J connectivity index is 1.71. The van der Waals surface area contributed by atoms with E-state index in [1.165, 1.54) is 17.3 Å². The lowest BCUT2D eigenvalue weighted by atomic mass is 9.99. The minimum Gasteiger partial charge on any atom is -0.378 e. The number of carbonyl (C=O) groups is 1. The second kappa shape index (κ2) is 6.88. The molecule has 0 fully saturated rings. The average Bonchev–Trinajstić information content (AvgIpc) is 2.54. The number of amides is 2. The number of fused-ring (bicyclic) bond motifs is 1. The normalized spacial score (nSPS) is 13.5. The topological polar surface area (TPSA) is 67.3 Å². The molecule has 1 aliphatic rings. The summed E-state index contributed by atoms with van der Waals surface area (Å²) < 4.78 is 32.1. The van der Waals surface area contributed by atoms with Crippen LogP contribution in [0.1, 0.15) is 16.8 Å². The third-order valence-corrected chi connectivity index (χ3v) is 3.78. The van der Waals surface area contributed by atoms with Crippen molar-refractivity contribution in [2.24, 2.45) is 0 Å². The van der Waals surface area contributed by atoms with Gasteiger partial charge in [0.2, 0.25) is 0 Å². The zero-order valence-electron chi connectivity index (χ0n) is 13.1. The van der Waals surface area contributed by atoms with Gasteiger partial charge in [0, 0.05) is 32.3 Å². The number of urea groups is 1. The van der Waals surface area contributed by atoms with Crippen LogP contribution in [0.5, 0.6) is 0 Å². The number of nitrogens with zero attached hydrogens (tertiary/aromatic N) is 3. The summed E-state index contributed by atoms with van der Waals surface area (Å²) in [6.07, 6.45) is 1.67. The Kier molecular flexibility index (Phi) is 4.66. The standard InChI is InChI=1S/C16H16F2N4O2/c1-24-8-12-6-15(20-9-19-12)21-16(23)22-3-2-13-10(7-22)4-11(17)5-14(13)18/h4-6,9H,2-3,7-8H2,1H3,(H,19,20,21,23). The molecule has 0 bridgehead atoms. The summed E-state index contributed by atoms with van der Waals surface area (Å²) in [5, 5.41) is 2.66. The van der Waals surface area contributed by atoms with Gasteiger partial charge >= 0.3 is 6.03 Å². The second-order valence-electron chi connectivity index (χ2n) is 5.45. The highest BCUT2D eigenvalue weighted by Crippen LogP contribution is 2.23. The fraction of sp³-hybridized carbons (Fsp3) is 0.312. The van der Waals surface area contributed by atoms with Crippen LogP contribution in [0.25, 0.3) is 0 Å². The van der Waals surface area contributed by atoms with E-state index in [9.17, 15) is 13.6 Å². The number of aromatic nitrogens is 2. The van der Waals surface area contributed by atoms with Gasteiger partial charge in [-0.2, -0.15) is 0 Å². The van der Waals surface area contributed by atoms with Crippen molar-refractivity contribution >= 4 is 11.8 Å². The number of benzene rings is 1. The molecule has 3 rings (SSSR count). The van der Waals surface area contributed by atoms with E-state index in [1.807, 2.05) is 0 Å². The molecule has 2 heterocycles. The van der Waals surface area contributed by atoms with E-state index in [-0.39, 0.29) is 12.6 Å². The van der Waals surface area contributed by atoms with Gasteiger partial charge in [-0.25, -0.2) is 23.5 Å². The highest BCUT2D eigenvalue weighted by atomic mass is 19.1. The lowest BCUT2D eigenvalue weighted by molar-refractivity contribution is 0.181. The van der Waals surface area contributed by atoms with E-state index >= 15 is 0 Å². The molecule has 1 aliphatic heterocycles. The van der Waals surface area contributed by atoms with E-state index in [0.29, 0.717) is 42.2 Å². The molecular weight excluding hydrogens is 318 g/mol. The van der Waals surface area contributed by atoms with Gasteiger partial charge in [0.1, 0.15) is 23.8 Å². The Bertz CT molecular complexity index is 770. The van der Waals surface area contributed by atoms with Crippen molar-refractivity contribution in [3.63, 3.8) is 0 Å². The van der Waals surface area contributed by atoms with E-state index in [1.54, 1.807) is 13.2 Å². The zero-order chi connectivity index (χ0) is 17.1. The molecule has 0 radical (unpaired) electrons. The quantitative estimate of drug-likeness (QED) is 0.936. The van der Waals surface area contributed by atoms with Crippen LogP contribution in [-0.4, -0.2) is 34.6 Å². The molecule has 0 saturated carbocycles. The molecule has 1 aromatic carbocycles. The molecule has 0 unspecified atom stereocenters. The van der Waals surface area contributed by atoms with E-state index in [0.717, 1.165) is 6.07 Å². The number of hydrogen-bond acceptors (Lipinski definition) is 4. The summed E-state index contributed by atoms with van der Waals surface area (Å²) in [5.74, 6) is -0.864. The Morgan fingerprint density at radius 1 is 1.33 bits per heavy atom. The van der Waals surface area contributed by atoms with Crippen molar-refractivity contribution in [1.82, 2.24) is 14.9 Å². The molecule has 2 aromatic rings. The first-order chi connectivity index (χ1) is 11.6. The SMILES string of the molecule is COCc1cc(NC(=O)N2CCc3c(F)cc(F)cc3C2)ncn1. The number of ether oxygens (including phenoxy) is 1. The van der Waals surface area contributed by atoms with Crippen LogP contribution >= 0.6 is 0 Å². The smallest absolute Gasteiger partial charge is 0.323 e. The number of anilines is 1. The molecule has 0 atom stereocenters. The molecule has 8 heteroatoms. The predicted octanol–water partition coefficient (Wildman–Crippen LogP) is 2.49. The Morgan fingerprint density at radius 2 is 2.17 bits per heavy atom. The third kappa shape index (κ3) is 3.48. The van der Waals surface area contributed by atoms with Gasteiger partial charge in [-0.05, 0) is 23.6 Å². The molecule has 6 nitrogen and oxygen atoms in total. The van der Waals surface area contributed by atoms with Crippen LogP contribution in [0.15, 0.2) is 24.5 Å². The fourth-order valence-corrected chi connectivity index (χ4v) is 2.66. The van der Waals surface area contributed by atoms with E-state index in [2.05, 4.69) is 15.3 Å². The van der Waals surface area contributed by atoms with Crippen LogP contribution in [0.3, 0.4) is 0 Å². The van der Waals surface area contributed by atoms with Crippen LogP contribution in [0, 0.1) is 11.6 Å². The summed E-state index contributed by atoms with van der Waals surface area (Å²) in [7, 11) is 1.55. The van der Waals surface area contributed by atoms with Crippen LogP contribution in [0.4, 0.5) is 19.4 Å². The minimum absolute atomic E-state index is 0.145. The number of methoxy groups -OCH3 is 1. The van der Waals surface area contributed by atoms with Gasteiger partial charge in [0.05, 0.1) is 12.3 Å². The maximum Gasteiger partial charge on any atom is 0.323 e. The molecule has 126 valence electrons. The van der Waals surface area contributed by atoms with Crippen LogP contribution in [-0.2, 0) is 24.3 Å². The molecule has 2 amide bonds. The van der Waals surface area contributed by atoms with E-state index in [4.69, 9.17) is 4.74 Å². The van der Waals surface area contributed by atoms with Crippen molar-refractivity contribution in [1.29, 1.82) is 0 Å². The van der Waals surface area contributed by atoms with Crippen molar-refractivity contribution in [3.8, 4) is 0 Å². The minimum atomic E-state index is -0.645. The zero-order valence-corrected chi connectivity index (χ0v) is 13.1. The number of carbonyl (C=O) groups excluding carboxylic acids is 1. The Morgan fingerprint density at radius 3 is 2.96 bits per heavy atom. The second-order valence-corrected chi connectivity index (χ2v) is 5.45. The van der Waals surface area contributed by atoms with Gasteiger partial charge in [0.15, 0.2) is 0 Å². The highest BCUT2D eigenvalue weighted by Gasteiger charge is 2.24. The molecule has 0 spiro atoms. The molecule has 0 aliphatic carbocycles. The van der Waals surface area contributed by atoms with Crippen molar-refractivity contribution in [2.75, 3.05) is 19.0 Å². The predicted molar refractivity (Wildman–Crippen MR) is 82.2 cm³/mol. The average molecular weight is 334 g/mol. The summed E-state index contributed by atoms with van der Waals surface area (Å²) in [5.41, 5.74) is 1.58. The first kappa shape index (κ1) is 16.3. The number of halogens is 2. The lowest BCUT2D eigenvalue weighted by Crippen LogP contribution is -2.39. The summed E-state index contributed by atoms with van der Waals surface area (Å²) >= 11 is 0. The van der Waals surface area contributed by atoms with Crippen molar-refractivity contribution < 1.29 is 18.3 Å². The summed E-state index contributed by atoms with van der Waals surface area (Å²) in [6, 6.07) is 3.36. The number of hydrogen-bond donors (Lipinski definition) is 1. The number of rotatable bonds is 3. The van der Waals surface area contributed by atoms with Crippen LogP contribution < -0.4 is 5.32 Å². The molecular formula is C16H16F2N4O2. The largest absolute Gasteiger partial charge is 0.378 e. The molecule has 1 aromatic heterocycles. The fourth-order valence-electron chi connectivity index (χ4n) is 2.66.